The molecule has 0 saturated carbocycles. The first-order valence-electron chi connectivity index (χ1n) is 10.6. The monoisotopic (exact) mass is 478 g/mol. The van der Waals surface area contributed by atoms with Gasteiger partial charge in [0.15, 0.2) is 0 Å². The zero-order valence-corrected chi connectivity index (χ0v) is 19.0. The van der Waals surface area contributed by atoms with Crippen LogP contribution in [0.4, 0.5) is 14.6 Å². The molecule has 1 saturated heterocycles. The fourth-order valence-corrected chi connectivity index (χ4v) is 3.79. The average Bonchev–Trinajstić information content (AvgIpc) is 2.78. The van der Waals surface area contributed by atoms with Gasteiger partial charge in [-0.2, -0.15) is 0 Å². The van der Waals surface area contributed by atoms with E-state index >= 15 is 0 Å². The molecule has 1 aromatic heterocycles. The van der Waals surface area contributed by atoms with Crippen LogP contribution in [0.5, 0.6) is 0 Å². The Balaban J connectivity index is 1.59. The standard InChI is InChI=1S/C23H25ClF2N4O3/c1-13(2)20(29-22(32)19-16(25)4-3-5-17(19)26)23(33)30-10-8-14(9-11-30)21(31)28-18-7-6-15(24)12-27-18/h3-7,12-14,20H,8-11H2,1-2H3,(H,29,32)(H,27,28,31)/t20-/m0/s1. The number of hydrogen-bond acceptors (Lipinski definition) is 4. The van der Waals surface area contributed by atoms with Crippen molar-refractivity contribution in [3.8, 4) is 0 Å². The van der Waals surface area contributed by atoms with Crippen molar-refractivity contribution < 1.29 is 23.2 Å². The van der Waals surface area contributed by atoms with E-state index in [1.54, 1.807) is 30.9 Å². The second-order valence-electron chi connectivity index (χ2n) is 8.24. The molecule has 3 amide bonds. The molecule has 1 aromatic carbocycles. The van der Waals surface area contributed by atoms with Crippen LogP contribution in [0.1, 0.15) is 37.0 Å². The number of benzene rings is 1. The summed E-state index contributed by atoms with van der Waals surface area (Å²) in [5.74, 6) is -3.74. The van der Waals surface area contributed by atoms with Gasteiger partial charge in [0.05, 0.1) is 5.02 Å². The molecule has 33 heavy (non-hydrogen) atoms. The zero-order valence-electron chi connectivity index (χ0n) is 18.3. The lowest BCUT2D eigenvalue weighted by Crippen LogP contribution is -2.53. The molecule has 10 heteroatoms. The van der Waals surface area contributed by atoms with Crippen LogP contribution in [0.15, 0.2) is 36.5 Å². The van der Waals surface area contributed by atoms with E-state index in [0.717, 1.165) is 18.2 Å². The number of rotatable bonds is 6. The van der Waals surface area contributed by atoms with Crippen LogP contribution < -0.4 is 10.6 Å². The van der Waals surface area contributed by atoms with Gasteiger partial charge < -0.3 is 15.5 Å². The minimum atomic E-state index is -0.996. The largest absolute Gasteiger partial charge is 0.341 e. The highest BCUT2D eigenvalue weighted by molar-refractivity contribution is 6.30. The van der Waals surface area contributed by atoms with E-state index in [2.05, 4.69) is 15.6 Å². The van der Waals surface area contributed by atoms with Crippen molar-refractivity contribution in [2.24, 2.45) is 11.8 Å². The molecular weight excluding hydrogens is 454 g/mol. The van der Waals surface area contributed by atoms with Gasteiger partial charge in [-0.05, 0) is 43.0 Å². The lowest BCUT2D eigenvalue weighted by atomic mass is 9.94. The summed E-state index contributed by atoms with van der Waals surface area (Å²) in [6.45, 7) is 4.11. The average molecular weight is 479 g/mol. The molecule has 3 rings (SSSR count). The Bertz CT molecular complexity index is 1000. The van der Waals surface area contributed by atoms with Gasteiger partial charge >= 0.3 is 0 Å². The van der Waals surface area contributed by atoms with Crippen molar-refractivity contribution in [2.45, 2.75) is 32.7 Å². The summed E-state index contributed by atoms with van der Waals surface area (Å²) >= 11 is 5.80. The van der Waals surface area contributed by atoms with Crippen LogP contribution >= 0.6 is 11.6 Å². The highest BCUT2D eigenvalue weighted by Gasteiger charge is 2.34. The van der Waals surface area contributed by atoms with Crippen LogP contribution in [0.2, 0.25) is 5.02 Å². The van der Waals surface area contributed by atoms with Crippen LogP contribution in [0, 0.1) is 23.5 Å². The molecular formula is C23H25ClF2N4O3. The molecule has 1 aliphatic heterocycles. The maximum Gasteiger partial charge on any atom is 0.257 e. The second kappa shape index (κ2) is 10.7. The Morgan fingerprint density at radius 2 is 1.73 bits per heavy atom. The Morgan fingerprint density at radius 1 is 1.09 bits per heavy atom. The molecule has 0 bridgehead atoms. The van der Waals surface area contributed by atoms with Gasteiger partial charge in [0.2, 0.25) is 11.8 Å². The van der Waals surface area contributed by atoms with Crippen LogP contribution in [-0.4, -0.2) is 46.7 Å². The number of anilines is 1. The number of hydrogen-bond donors (Lipinski definition) is 2. The molecule has 176 valence electrons. The molecule has 7 nitrogen and oxygen atoms in total. The van der Waals surface area contributed by atoms with Crippen LogP contribution in [0.25, 0.3) is 0 Å². The molecule has 2 heterocycles. The summed E-state index contributed by atoms with van der Waals surface area (Å²) in [5.41, 5.74) is -0.720. The molecule has 0 spiro atoms. The lowest BCUT2D eigenvalue weighted by Gasteiger charge is -2.35. The van der Waals surface area contributed by atoms with Crippen molar-refractivity contribution in [1.29, 1.82) is 0 Å². The number of pyridine rings is 1. The minimum Gasteiger partial charge on any atom is -0.341 e. The molecule has 0 radical (unpaired) electrons. The Kier molecular flexibility index (Phi) is 7.97. The van der Waals surface area contributed by atoms with Gasteiger partial charge in [0, 0.05) is 25.2 Å². The van der Waals surface area contributed by atoms with Gasteiger partial charge in [0.25, 0.3) is 5.91 Å². The van der Waals surface area contributed by atoms with Crippen LogP contribution in [-0.2, 0) is 9.59 Å². The highest BCUT2D eigenvalue weighted by Crippen LogP contribution is 2.22. The number of nitrogens with zero attached hydrogens (tertiary/aromatic N) is 2. The Hall–Kier alpha value is -3.07. The van der Waals surface area contributed by atoms with Gasteiger partial charge in [-0.1, -0.05) is 31.5 Å². The van der Waals surface area contributed by atoms with E-state index in [4.69, 9.17) is 11.6 Å². The van der Waals surface area contributed by atoms with Crippen molar-refractivity contribution >= 4 is 35.1 Å². The number of likely N-dealkylation sites (tertiary alicyclic amines) is 1. The van der Waals surface area contributed by atoms with E-state index in [1.165, 1.54) is 6.20 Å². The predicted molar refractivity (Wildman–Crippen MR) is 120 cm³/mol. The number of carbonyl (C=O) groups is 3. The fraction of sp³-hybridized carbons (Fsp3) is 0.391. The van der Waals surface area contributed by atoms with Gasteiger partial charge in [-0.25, -0.2) is 13.8 Å². The van der Waals surface area contributed by atoms with Crippen LogP contribution in [0.3, 0.4) is 0 Å². The zero-order chi connectivity index (χ0) is 24.1. The third-order valence-electron chi connectivity index (χ3n) is 5.57. The van der Waals surface area contributed by atoms with Crippen molar-refractivity contribution in [3.63, 3.8) is 0 Å². The van der Waals surface area contributed by atoms with Crippen molar-refractivity contribution in [2.75, 3.05) is 18.4 Å². The summed E-state index contributed by atoms with van der Waals surface area (Å²) < 4.78 is 27.9. The molecule has 0 unspecified atom stereocenters. The molecule has 2 aromatic rings. The highest BCUT2D eigenvalue weighted by atomic mass is 35.5. The summed E-state index contributed by atoms with van der Waals surface area (Å²) in [6, 6.07) is 5.40. The van der Waals surface area contributed by atoms with E-state index in [1.807, 2.05) is 0 Å². The molecule has 1 atom stereocenters. The lowest BCUT2D eigenvalue weighted by molar-refractivity contribution is -0.137. The number of halogens is 3. The molecule has 0 aliphatic carbocycles. The molecule has 1 aliphatic rings. The maximum absolute atomic E-state index is 14.0. The molecule has 2 N–H and O–H groups in total. The molecule has 1 fully saturated rings. The van der Waals surface area contributed by atoms with Gasteiger partial charge in [0.1, 0.15) is 29.1 Å². The third kappa shape index (κ3) is 6.04. The van der Waals surface area contributed by atoms with Crippen molar-refractivity contribution in [1.82, 2.24) is 15.2 Å². The van der Waals surface area contributed by atoms with E-state index in [9.17, 15) is 23.2 Å². The Morgan fingerprint density at radius 3 is 2.27 bits per heavy atom. The number of piperidine rings is 1. The third-order valence-corrected chi connectivity index (χ3v) is 5.79. The number of carbonyl (C=O) groups excluding carboxylic acids is 3. The summed E-state index contributed by atoms with van der Waals surface area (Å²) in [7, 11) is 0. The van der Waals surface area contributed by atoms with Gasteiger partial charge in [-0.3, -0.25) is 14.4 Å². The quantitative estimate of drug-likeness (QED) is 0.663. The van der Waals surface area contributed by atoms with E-state index in [-0.39, 0.29) is 23.7 Å². The fourth-order valence-electron chi connectivity index (χ4n) is 3.68. The first-order valence-corrected chi connectivity index (χ1v) is 11.0. The summed E-state index contributed by atoms with van der Waals surface area (Å²) in [4.78, 5) is 43.7. The predicted octanol–water partition coefficient (Wildman–Crippen LogP) is 3.64. The Labute approximate surface area is 195 Å². The normalized spacial score (nSPS) is 15.3. The number of amides is 3. The summed E-state index contributed by atoms with van der Waals surface area (Å²) in [6.07, 6.45) is 2.31. The smallest absolute Gasteiger partial charge is 0.257 e. The number of nitrogens with one attached hydrogen (secondary N) is 2. The van der Waals surface area contributed by atoms with Gasteiger partial charge in [-0.15, -0.1) is 0 Å². The van der Waals surface area contributed by atoms with E-state index < -0.39 is 29.1 Å². The minimum absolute atomic E-state index is 0.194. The maximum atomic E-state index is 14.0. The topological polar surface area (TPSA) is 91.4 Å². The SMILES string of the molecule is CC(C)[C@H](NC(=O)c1c(F)cccc1F)C(=O)N1CCC(C(=O)Nc2ccc(Cl)cn2)CC1. The first kappa shape index (κ1) is 24.6. The van der Waals surface area contributed by atoms with Crippen molar-refractivity contribution in [3.05, 3.63) is 58.7 Å². The summed E-state index contributed by atoms with van der Waals surface area (Å²) in [5, 5.41) is 5.68. The van der Waals surface area contributed by atoms with E-state index in [0.29, 0.717) is 36.8 Å². The first-order chi connectivity index (χ1) is 15.7. The number of aromatic nitrogens is 1. The second-order valence-corrected chi connectivity index (χ2v) is 8.68.